The Morgan fingerprint density at radius 3 is 2.54 bits per heavy atom. The minimum absolute atomic E-state index is 0.135. The summed E-state index contributed by atoms with van der Waals surface area (Å²) in [7, 11) is 0. The molecule has 0 saturated carbocycles. The van der Waals surface area contributed by atoms with Gasteiger partial charge < -0.3 is 15.6 Å². The molecule has 1 heterocycles. The Balaban J connectivity index is 1.75. The fraction of sp³-hybridized carbons (Fsp3) is 0.0714. The van der Waals surface area contributed by atoms with Crippen molar-refractivity contribution in [3.8, 4) is 11.1 Å². The predicted molar refractivity (Wildman–Crippen MR) is 142 cm³/mol. The number of hydrogen-bond donors (Lipinski definition) is 2. The molecule has 7 heteroatoms. The summed E-state index contributed by atoms with van der Waals surface area (Å²) >= 11 is 12.6. The van der Waals surface area contributed by atoms with Crippen molar-refractivity contribution < 1.29 is 9.59 Å². The molecule has 173 valence electrons. The van der Waals surface area contributed by atoms with Crippen molar-refractivity contribution in [3.63, 3.8) is 0 Å². The van der Waals surface area contributed by atoms with Crippen LogP contribution in [0, 0.1) is 6.07 Å². The van der Waals surface area contributed by atoms with Gasteiger partial charge in [0.1, 0.15) is 0 Å². The normalized spacial score (nSPS) is 11.2. The summed E-state index contributed by atoms with van der Waals surface area (Å²) in [6, 6.07) is 25.8. The number of nitrogens with one attached hydrogen (secondary N) is 1. The Labute approximate surface area is 212 Å². The Bertz CT molecular complexity index is 1640. The zero-order valence-electron chi connectivity index (χ0n) is 18.7. The van der Waals surface area contributed by atoms with Crippen LogP contribution in [0.15, 0.2) is 72.8 Å². The Hall–Kier alpha value is -3.80. The van der Waals surface area contributed by atoms with Crippen LogP contribution in [0.2, 0.25) is 10.0 Å². The Morgan fingerprint density at radius 2 is 1.80 bits per heavy atom. The van der Waals surface area contributed by atoms with E-state index in [2.05, 4.69) is 16.0 Å². The van der Waals surface area contributed by atoms with Crippen molar-refractivity contribution in [2.75, 3.05) is 5.32 Å². The molecule has 1 radical (unpaired) electrons. The summed E-state index contributed by atoms with van der Waals surface area (Å²) in [5, 5.41) is 5.46. The summed E-state index contributed by atoms with van der Waals surface area (Å²) in [6.07, 6.45) is 0. The second-order valence-corrected chi connectivity index (χ2v) is 9.15. The number of rotatable bonds is 5. The van der Waals surface area contributed by atoms with E-state index in [1.807, 2.05) is 54.6 Å². The van der Waals surface area contributed by atoms with Gasteiger partial charge in [0, 0.05) is 51.1 Å². The molecule has 4 aromatic carbocycles. The van der Waals surface area contributed by atoms with E-state index in [-0.39, 0.29) is 5.91 Å². The molecule has 0 fully saturated rings. The number of aromatic nitrogens is 1. The third-order valence-corrected chi connectivity index (χ3v) is 6.44. The minimum Gasteiger partial charge on any atom is -0.366 e. The maximum Gasteiger partial charge on any atom is 0.249 e. The average Bonchev–Trinajstić information content (AvgIpc) is 3.12. The molecule has 0 unspecified atom stereocenters. The molecular formula is C28H20Cl2N3O2. The SMILES string of the molecule is CC(=O)Nc1cccc(Cn2c3cc(-c4ccc(Cl)cc4Cl)c[c]c3c3c(C(N)=O)cccc32)c1. The monoisotopic (exact) mass is 500 g/mol. The molecule has 5 aromatic rings. The Kier molecular flexibility index (Phi) is 5.97. The number of primary amides is 1. The quantitative estimate of drug-likeness (QED) is 0.282. The van der Waals surface area contributed by atoms with Crippen LogP contribution in [0.3, 0.4) is 0 Å². The molecule has 35 heavy (non-hydrogen) atoms. The number of carbonyl (C=O) groups is 2. The van der Waals surface area contributed by atoms with Gasteiger partial charge in [-0.15, -0.1) is 0 Å². The topological polar surface area (TPSA) is 77.1 Å². The van der Waals surface area contributed by atoms with Gasteiger partial charge in [0.2, 0.25) is 11.8 Å². The van der Waals surface area contributed by atoms with Crippen molar-refractivity contribution in [1.82, 2.24) is 4.57 Å². The average molecular weight is 501 g/mol. The van der Waals surface area contributed by atoms with Gasteiger partial charge in [-0.3, -0.25) is 9.59 Å². The first kappa shape index (κ1) is 23.0. The lowest BCUT2D eigenvalue weighted by atomic mass is 10.0. The molecule has 0 spiro atoms. The fourth-order valence-corrected chi connectivity index (χ4v) is 4.96. The van der Waals surface area contributed by atoms with Crippen LogP contribution in [-0.4, -0.2) is 16.4 Å². The van der Waals surface area contributed by atoms with E-state index < -0.39 is 5.91 Å². The van der Waals surface area contributed by atoms with E-state index in [9.17, 15) is 9.59 Å². The van der Waals surface area contributed by atoms with Gasteiger partial charge in [-0.1, -0.05) is 47.5 Å². The number of amides is 2. The van der Waals surface area contributed by atoms with E-state index in [4.69, 9.17) is 28.9 Å². The van der Waals surface area contributed by atoms with Crippen LogP contribution in [-0.2, 0) is 11.3 Å². The second kappa shape index (κ2) is 9.10. The fourth-order valence-electron chi connectivity index (χ4n) is 4.44. The lowest BCUT2D eigenvalue weighted by Gasteiger charge is -2.11. The second-order valence-electron chi connectivity index (χ2n) is 8.30. The number of hydrogen-bond acceptors (Lipinski definition) is 2. The molecule has 2 amide bonds. The van der Waals surface area contributed by atoms with Crippen LogP contribution in [0.5, 0.6) is 0 Å². The number of nitrogens with two attached hydrogens (primary N) is 1. The molecule has 0 atom stereocenters. The molecule has 1 aromatic heterocycles. The van der Waals surface area contributed by atoms with Crippen molar-refractivity contribution in [2.45, 2.75) is 13.5 Å². The molecular weight excluding hydrogens is 481 g/mol. The van der Waals surface area contributed by atoms with Gasteiger partial charge in [0.15, 0.2) is 0 Å². The highest BCUT2D eigenvalue weighted by atomic mass is 35.5. The number of fused-ring (bicyclic) bond motifs is 3. The molecule has 0 aliphatic rings. The van der Waals surface area contributed by atoms with E-state index in [0.717, 1.165) is 38.5 Å². The van der Waals surface area contributed by atoms with Crippen molar-refractivity contribution >= 4 is 62.5 Å². The van der Waals surface area contributed by atoms with E-state index >= 15 is 0 Å². The van der Waals surface area contributed by atoms with Crippen LogP contribution in [0.25, 0.3) is 32.9 Å². The van der Waals surface area contributed by atoms with Gasteiger partial charge in [0.25, 0.3) is 0 Å². The molecule has 3 N–H and O–H groups in total. The standard InChI is InChI=1S/C28H20Cl2N3O2/c1-16(34)32-20-5-2-4-17(12-20)15-33-25-7-3-6-23(28(31)35)27(25)22-10-8-18(13-26(22)33)21-11-9-19(29)14-24(21)30/h2-9,11-14H,15H2,1H3,(H2,31,35)(H,32,34). The van der Waals surface area contributed by atoms with Crippen LogP contribution in [0.4, 0.5) is 5.69 Å². The lowest BCUT2D eigenvalue weighted by Crippen LogP contribution is -2.11. The molecule has 0 saturated heterocycles. The van der Waals surface area contributed by atoms with Gasteiger partial charge in [-0.25, -0.2) is 0 Å². The predicted octanol–water partition coefficient (Wildman–Crippen LogP) is 6.67. The van der Waals surface area contributed by atoms with Gasteiger partial charge in [-0.05, 0) is 65.7 Å². The van der Waals surface area contributed by atoms with Crippen molar-refractivity contribution in [1.29, 1.82) is 0 Å². The van der Waals surface area contributed by atoms with Gasteiger partial charge in [-0.2, -0.15) is 0 Å². The summed E-state index contributed by atoms with van der Waals surface area (Å²) in [5.74, 6) is -0.635. The first-order valence-corrected chi connectivity index (χ1v) is 11.7. The van der Waals surface area contributed by atoms with Crippen molar-refractivity contribution in [3.05, 3.63) is 100 Å². The number of carbonyl (C=O) groups excluding carboxylic acids is 2. The third kappa shape index (κ3) is 4.36. The summed E-state index contributed by atoms with van der Waals surface area (Å²) in [5.41, 5.74) is 11.3. The lowest BCUT2D eigenvalue weighted by molar-refractivity contribution is -0.114. The third-order valence-electron chi connectivity index (χ3n) is 5.89. The van der Waals surface area contributed by atoms with E-state index in [1.165, 1.54) is 6.92 Å². The first-order chi connectivity index (χ1) is 16.8. The van der Waals surface area contributed by atoms with E-state index in [1.54, 1.807) is 18.2 Å². The highest BCUT2D eigenvalue weighted by Crippen LogP contribution is 2.37. The van der Waals surface area contributed by atoms with Crippen LogP contribution >= 0.6 is 23.2 Å². The number of anilines is 1. The number of halogens is 2. The first-order valence-electron chi connectivity index (χ1n) is 10.9. The molecule has 5 rings (SSSR count). The van der Waals surface area contributed by atoms with Crippen LogP contribution < -0.4 is 11.1 Å². The zero-order chi connectivity index (χ0) is 24.7. The maximum absolute atomic E-state index is 12.3. The largest absolute Gasteiger partial charge is 0.366 e. The Morgan fingerprint density at radius 1 is 1.00 bits per heavy atom. The molecule has 0 bridgehead atoms. The highest BCUT2D eigenvalue weighted by Gasteiger charge is 2.18. The van der Waals surface area contributed by atoms with E-state index in [0.29, 0.717) is 27.8 Å². The zero-order valence-corrected chi connectivity index (χ0v) is 20.2. The molecule has 0 aliphatic carbocycles. The van der Waals surface area contributed by atoms with Gasteiger partial charge >= 0.3 is 0 Å². The number of nitrogens with zero attached hydrogens (tertiary/aromatic N) is 1. The van der Waals surface area contributed by atoms with Crippen LogP contribution in [0.1, 0.15) is 22.8 Å². The maximum atomic E-state index is 12.3. The summed E-state index contributed by atoms with van der Waals surface area (Å²) < 4.78 is 2.12. The summed E-state index contributed by atoms with van der Waals surface area (Å²) in [4.78, 5) is 23.8. The molecule has 0 aliphatic heterocycles. The minimum atomic E-state index is -0.500. The highest BCUT2D eigenvalue weighted by molar-refractivity contribution is 6.36. The van der Waals surface area contributed by atoms with Gasteiger partial charge in [0.05, 0.1) is 11.0 Å². The van der Waals surface area contributed by atoms with Crippen molar-refractivity contribution in [2.24, 2.45) is 5.73 Å². The molecule has 5 nitrogen and oxygen atoms in total. The number of benzene rings is 4. The smallest absolute Gasteiger partial charge is 0.249 e. The summed E-state index contributed by atoms with van der Waals surface area (Å²) in [6.45, 7) is 1.98.